The van der Waals surface area contributed by atoms with Crippen LogP contribution in [0.25, 0.3) is 0 Å². The number of alkyl halides is 3. The van der Waals surface area contributed by atoms with Gasteiger partial charge >= 0.3 is 6.36 Å². The molecule has 1 rings (SSSR count). The Labute approximate surface area is 96.8 Å². The van der Waals surface area contributed by atoms with Crippen LogP contribution in [0, 0.1) is 6.61 Å². The summed E-state index contributed by atoms with van der Waals surface area (Å²) in [5.41, 5.74) is 0.195. The van der Waals surface area contributed by atoms with Crippen molar-refractivity contribution in [2.45, 2.75) is 26.3 Å². The van der Waals surface area contributed by atoms with Gasteiger partial charge in [0.1, 0.15) is 6.61 Å². The summed E-state index contributed by atoms with van der Waals surface area (Å²) in [7, 11) is 0. The lowest BCUT2D eigenvalue weighted by Gasteiger charge is -2.16. The molecule has 17 heavy (non-hydrogen) atoms. The summed E-state index contributed by atoms with van der Waals surface area (Å²) in [5.74, 6) is -0.503. The molecule has 3 nitrogen and oxygen atoms in total. The van der Waals surface area contributed by atoms with E-state index in [0.717, 1.165) is 6.07 Å². The Morgan fingerprint density at radius 3 is 2.35 bits per heavy atom. The molecular weight excluding hydrogens is 237 g/mol. The molecule has 1 aromatic rings. The zero-order valence-electron chi connectivity index (χ0n) is 9.28. The molecule has 0 aliphatic heterocycles. The molecule has 0 aromatic heterocycles. The molecule has 6 heteroatoms. The smallest absolute Gasteiger partial charge is 0.487 e. The van der Waals surface area contributed by atoms with Crippen LogP contribution in [0.5, 0.6) is 11.5 Å². The van der Waals surface area contributed by atoms with Gasteiger partial charge in [-0.2, -0.15) is 0 Å². The van der Waals surface area contributed by atoms with Gasteiger partial charge in [-0.15, -0.1) is 13.2 Å². The summed E-state index contributed by atoms with van der Waals surface area (Å²) >= 11 is 0. The molecule has 0 heterocycles. The Kier molecular flexibility index (Phi) is 4.22. The van der Waals surface area contributed by atoms with E-state index in [0.29, 0.717) is 6.61 Å². The summed E-state index contributed by atoms with van der Waals surface area (Å²) < 4.78 is 45.4. The third kappa shape index (κ3) is 4.52. The highest BCUT2D eigenvalue weighted by molar-refractivity contribution is 5.44. The summed E-state index contributed by atoms with van der Waals surface area (Å²) in [6.07, 6.45) is -5.09. The van der Waals surface area contributed by atoms with Crippen molar-refractivity contribution in [2.24, 2.45) is 0 Å². The minimum atomic E-state index is -4.80. The van der Waals surface area contributed by atoms with Crippen LogP contribution in [0.3, 0.4) is 0 Å². The van der Waals surface area contributed by atoms with Crippen molar-refractivity contribution in [3.05, 3.63) is 30.4 Å². The van der Waals surface area contributed by atoms with Gasteiger partial charge in [0.2, 0.25) is 0 Å². The molecule has 0 saturated heterocycles. The third-order valence-electron chi connectivity index (χ3n) is 1.71. The molecule has 0 aliphatic carbocycles. The van der Waals surface area contributed by atoms with E-state index in [1.807, 2.05) is 0 Å². The molecule has 0 unspecified atom stereocenters. The lowest BCUT2D eigenvalue weighted by atomic mass is 10.2. The Morgan fingerprint density at radius 1 is 1.24 bits per heavy atom. The number of aliphatic hydroxyl groups is 1. The number of hydrogen-bond acceptors (Lipinski definition) is 3. The van der Waals surface area contributed by atoms with Crippen LogP contribution in [0.1, 0.15) is 19.4 Å². The summed E-state index contributed by atoms with van der Waals surface area (Å²) in [5, 5.41) is 8.73. The highest BCUT2D eigenvalue weighted by Crippen LogP contribution is 2.33. The molecule has 1 aromatic carbocycles. The second-order valence-electron chi connectivity index (χ2n) is 3.55. The van der Waals surface area contributed by atoms with Gasteiger partial charge in [0.25, 0.3) is 0 Å². The van der Waals surface area contributed by atoms with Crippen molar-refractivity contribution in [2.75, 3.05) is 0 Å². The maximum absolute atomic E-state index is 12.1. The number of aliphatic hydroxyl groups excluding tert-OH is 1. The number of ether oxygens (including phenoxy) is 2. The molecule has 0 fully saturated rings. The zero-order chi connectivity index (χ0) is 13.1. The Balaban J connectivity index is 3.03. The first-order chi connectivity index (χ1) is 7.81. The SMILES string of the molecule is CC(C)Oc1ccc([CH]O)cc1OC(F)(F)F. The molecule has 1 radical (unpaired) electrons. The summed E-state index contributed by atoms with van der Waals surface area (Å²) in [4.78, 5) is 0. The van der Waals surface area contributed by atoms with Gasteiger partial charge in [-0.05, 0) is 31.5 Å². The average molecular weight is 249 g/mol. The van der Waals surface area contributed by atoms with Gasteiger partial charge in [0.15, 0.2) is 11.5 Å². The molecule has 0 atom stereocenters. The van der Waals surface area contributed by atoms with Gasteiger partial charge in [0, 0.05) is 0 Å². The van der Waals surface area contributed by atoms with E-state index < -0.39 is 12.1 Å². The summed E-state index contributed by atoms with van der Waals surface area (Å²) in [6.45, 7) is 4.05. The maximum Gasteiger partial charge on any atom is 0.573 e. The fourth-order valence-corrected chi connectivity index (χ4v) is 1.16. The van der Waals surface area contributed by atoms with E-state index >= 15 is 0 Å². The van der Waals surface area contributed by atoms with Crippen LogP contribution >= 0.6 is 0 Å². The fraction of sp³-hybridized carbons (Fsp3) is 0.364. The molecule has 0 spiro atoms. The maximum atomic E-state index is 12.1. The van der Waals surface area contributed by atoms with Crippen LogP contribution in [-0.4, -0.2) is 17.6 Å². The monoisotopic (exact) mass is 249 g/mol. The second kappa shape index (κ2) is 5.27. The minimum absolute atomic E-state index is 0.0251. The second-order valence-corrected chi connectivity index (χ2v) is 3.55. The first kappa shape index (κ1) is 13.6. The van der Waals surface area contributed by atoms with Gasteiger partial charge in [-0.3, -0.25) is 0 Å². The van der Waals surface area contributed by atoms with E-state index in [-0.39, 0.29) is 17.4 Å². The first-order valence-corrected chi connectivity index (χ1v) is 4.85. The van der Waals surface area contributed by atoms with E-state index in [1.165, 1.54) is 12.1 Å². The largest absolute Gasteiger partial charge is 0.573 e. The van der Waals surface area contributed by atoms with Crippen molar-refractivity contribution < 1.29 is 27.8 Å². The van der Waals surface area contributed by atoms with Crippen molar-refractivity contribution in [3.8, 4) is 11.5 Å². The molecule has 1 N–H and O–H groups in total. The van der Waals surface area contributed by atoms with Crippen LogP contribution in [0.4, 0.5) is 13.2 Å². The van der Waals surface area contributed by atoms with E-state index in [1.54, 1.807) is 13.8 Å². The van der Waals surface area contributed by atoms with Gasteiger partial charge in [-0.1, -0.05) is 6.07 Å². The Bertz CT molecular complexity index is 375. The van der Waals surface area contributed by atoms with E-state index in [2.05, 4.69) is 4.74 Å². The van der Waals surface area contributed by atoms with Crippen molar-refractivity contribution in [1.82, 2.24) is 0 Å². The van der Waals surface area contributed by atoms with Crippen molar-refractivity contribution in [1.29, 1.82) is 0 Å². The number of benzene rings is 1. The lowest BCUT2D eigenvalue weighted by molar-refractivity contribution is -0.275. The topological polar surface area (TPSA) is 38.7 Å². The standard InChI is InChI=1S/C11H12F3O3/c1-7(2)16-9-4-3-8(6-15)5-10(9)17-11(12,13)14/h3-7,15H,1-2H3. The number of hydrogen-bond donors (Lipinski definition) is 1. The van der Waals surface area contributed by atoms with Crippen LogP contribution in [0.15, 0.2) is 18.2 Å². The lowest BCUT2D eigenvalue weighted by Crippen LogP contribution is -2.18. The van der Waals surface area contributed by atoms with E-state index in [9.17, 15) is 13.2 Å². The Hall–Kier alpha value is -1.43. The predicted octanol–water partition coefficient (Wildman–Crippen LogP) is 3.25. The fourth-order valence-electron chi connectivity index (χ4n) is 1.16. The molecule has 0 amide bonds. The molecule has 0 aliphatic rings. The predicted molar refractivity (Wildman–Crippen MR) is 54.2 cm³/mol. The Morgan fingerprint density at radius 2 is 1.88 bits per heavy atom. The highest BCUT2D eigenvalue weighted by atomic mass is 19.4. The molecule has 0 bridgehead atoms. The number of halogens is 3. The van der Waals surface area contributed by atoms with Gasteiger partial charge in [0.05, 0.1) is 6.10 Å². The normalized spacial score (nSPS) is 11.7. The van der Waals surface area contributed by atoms with Crippen LogP contribution in [-0.2, 0) is 0 Å². The highest BCUT2D eigenvalue weighted by Gasteiger charge is 2.32. The first-order valence-electron chi connectivity index (χ1n) is 4.85. The average Bonchev–Trinajstić information content (AvgIpc) is 2.17. The number of rotatable bonds is 4. The molecular formula is C11H12F3O3. The zero-order valence-corrected chi connectivity index (χ0v) is 9.28. The molecule has 0 saturated carbocycles. The van der Waals surface area contributed by atoms with Crippen LogP contribution in [0.2, 0.25) is 0 Å². The van der Waals surface area contributed by atoms with Gasteiger partial charge in [-0.25, -0.2) is 0 Å². The van der Waals surface area contributed by atoms with Crippen molar-refractivity contribution in [3.63, 3.8) is 0 Å². The summed E-state index contributed by atoms with van der Waals surface area (Å²) in [6, 6.07) is 3.77. The third-order valence-corrected chi connectivity index (χ3v) is 1.71. The van der Waals surface area contributed by atoms with Gasteiger partial charge < -0.3 is 14.6 Å². The quantitative estimate of drug-likeness (QED) is 0.890. The minimum Gasteiger partial charge on any atom is -0.487 e. The van der Waals surface area contributed by atoms with Crippen molar-refractivity contribution >= 4 is 0 Å². The molecule has 95 valence electrons. The van der Waals surface area contributed by atoms with E-state index in [4.69, 9.17) is 9.84 Å². The van der Waals surface area contributed by atoms with Crippen LogP contribution < -0.4 is 9.47 Å².